The second kappa shape index (κ2) is 5.41. The number of hydrogen-bond donors (Lipinski definition) is 1. The van der Waals surface area contributed by atoms with Gasteiger partial charge in [-0.15, -0.1) is 0 Å². The highest BCUT2D eigenvalue weighted by Crippen LogP contribution is 2.28. The summed E-state index contributed by atoms with van der Waals surface area (Å²) >= 11 is 0. The molecule has 106 valence electrons. The summed E-state index contributed by atoms with van der Waals surface area (Å²) < 4.78 is 0. The third-order valence-corrected chi connectivity index (χ3v) is 4.60. The summed E-state index contributed by atoms with van der Waals surface area (Å²) in [7, 11) is 0. The highest BCUT2D eigenvalue weighted by atomic mass is 15.5. The number of pyridine rings is 1. The zero-order chi connectivity index (χ0) is 14.1. The van der Waals surface area contributed by atoms with Crippen molar-refractivity contribution in [2.45, 2.75) is 64.5 Å². The van der Waals surface area contributed by atoms with Gasteiger partial charge in [0.05, 0.1) is 5.56 Å². The number of fused-ring (bicyclic) bond motifs is 1. The highest BCUT2D eigenvalue weighted by Gasteiger charge is 2.26. The lowest BCUT2D eigenvalue weighted by atomic mass is 10.00. The SMILES string of the molecule is CC1CCCC(C)N1Nc1nc2c(cc1C#N)CCC2. The standard InChI is InChI=1S/C16H22N4/c1-11-5-3-6-12(2)20(11)19-16-14(10-17)9-13-7-4-8-15(13)18-16/h9,11-12H,3-8H2,1-2H3,(H,18,19). The van der Waals surface area contributed by atoms with Crippen molar-refractivity contribution in [1.82, 2.24) is 9.99 Å². The van der Waals surface area contributed by atoms with Gasteiger partial charge in [0.15, 0.2) is 5.82 Å². The third-order valence-electron chi connectivity index (χ3n) is 4.60. The largest absolute Gasteiger partial charge is 0.301 e. The number of hydrogen-bond acceptors (Lipinski definition) is 4. The molecule has 0 saturated carbocycles. The maximum absolute atomic E-state index is 9.36. The van der Waals surface area contributed by atoms with Crippen LogP contribution in [0, 0.1) is 11.3 Å². The molecule has 3 rings (SSSR count). The molecule has 4 nitrogen and oxygen atoms in total. The first-order chi connectivity index (χ1) is 9.69. The Morgan fingerprint density at radius 1 is 1.25 bits per heavy atom. The van der Waals surface area contributed by atoms with Crippen molar-refractivity contribution in [3.05, 3.63) is 22.9 Å². The summed E-state index contributed by atoms with van der Waals surface area (Å²) in [5.74, 6) is 0.744. The number of anilines is 1. The van der Waals surface area contributed by atoms with Crippen molar-refractivity contribution >= 4 is 5.82 Å². The van der Waals surface area contributed by atoms with Crippen LogP contribution in [0.3, 0.4) is 0 Å². The number of aromatic nitrogens is 1. The van der Waals surface area contributed by atoms with Gasteiger partial charge in [0.1, 0.15) is 6.07 Å². The Labute approximate surface area is 120 Å². The van der Waals surface area contributed by atoms with Crippen LogP contribution in [0.4, 0.5) is 5.82 Å². The van der Waals surface area contributed by atoms with E-state index in [1.807, 2.05) is 6.07 Å². The molecule has 20 heavy (non-hydrogen) atoms. The topological polar surface area (TPSA) is 52.0 Å². The molecule has 1 aromatic heterocycles. The molecule has 0 radical (unpaired) electrons. The Hall–Kier alpha value is -1.60. The molecule has 1 aromatic rings. The van der Waals surface area contributed by atoms with Gasteiger partial charge < -0.3 is 5.43 Å². The molecule has 1 saturated heterocycles. The van der Waals surface area contributed by atoms with Gasteiger partial charge in [-0.25, -0.2) is 9.99 Å². The number of nitriles is 1. The van der Waals surface area contributed by atoms with E-state index in [0.717, 1.165) is 25.1 Å². The summed E-state index contributed by atoms with van der Waals surface area (Å²) in [5, 5.41) is 11.6. The summed E-state index contributed by atoms with van der Waals surface area (Å²) in [6.07, 6.45) is 6.94. The molecule has 2 unspecified atom stereocenters. The predicted octanol–water partition coefficient (Wildman–Crippen LogP) is 3.03. The molecule has 2 aliphatic rings. The van der Waals surface area contributed by atoms with Crippen LogP contribution in [0.2, 0.25) is 0 Å². The van der Waals surface area contributed by atoms with Crippen molar-refractivity contribution in [2.24, 2.45) is 0 Å². The lowest BCUT2D eigenvalue weighted by Crippen LogP contribution is -2.47. The lowest BCUT2D eigenvalue weighted by Gasteiger charge is -2.39. The van der Waals surface area contributed by atoms with E-state index in [1.54, 1.807) is 0 Å². The number of nitrogens with zero attached hydrogens (tertiary/aromatic N) is 3. The molecule has 1 aliphatic heterocycles. The van der Waals surface area contributed by atoms with Crippen LogP contribution in [0.25, 0.3) is 0 Å². The van der Waals surface area contributed by atoms with Crippen LogP contribution >= 0.6 is 0 Å². The van der Waals surface area contributed by atoms with E-state index in [-0.39, 0.29) is 0 Å². The summed E-state index contributed by atoms with van der Waals surface area (Å²) in [6.45, 7) is 4.48. The molecule has 0 spiro atoms. The van der Waals surface area contributed by atoms with Crippen LogP contribution in [0.5, 0.6) is 0 Å². The van der Waals surface area contributed by atoms with E-state index < -0.39 is 0 Å². The zero-order valence-electron chi connectivity index (χ0n) is 12.3. The fraction of sp³-hybridized carbons (Fsp3) is 0.625. The number of hydrazine groups is 1. The van der Waals surface area contributed by atoms with Gasteiger partial charge in [0, 0.05) is 17.8 Å². The number of rotatable bonds is 2. The Bertz CT molecular complexity index is 536. The first kappa shape index (κ1) is 13.4. The fourth-order valence-electron chi connectivity index (χ4n) is 3.41. The van der Waals surface area contributed by atoms with E-state index in [0.29, 0.717) is 17.6 Å². The van der Waals surface area contributed by atoms with Gasteiger partial charge in [0.2, 0.25) is 0 Å². The maximum atomic E-state index is 9.36. The van der Waals surface area contributed by atoms with E-state index in [1.165, 1.54) is 30.5 Å². The van der Waals surface area contributed by atoms with Crippen molar-refractivity contribution in [3.63, 3.8) is 0 Å². The van der Waals surface area contributed by atoms with Gasteiger partial charge in [-0.05, 0) is 57.6 Å². The zero-order valence-corrected chi connectivity index (χ0v) is 12.3. The first-order valence-electron chi connectivity index (χ1n) is 7.67. The van der Waals surface area contributed by atoms with E-state index in [4.69, 9.17) is 4.98 Å². The molecule has 4 heteroatoms. The van der Waals surface area contributed by atoms with Gasteiger partial charge in [-0.2, -0.15) is 5.26 Å². The maximum Gasteiger partial charge on any atom is 0.158 e. The Morgan fingerprint density at radius 3 is 2.70 bits per heavy atom. The molecular weight excluding hydrogens is 248 g/mol. The van der Waals surface area contributed by atoms with Gasteiger partial charge >= 0.3 is 0 Å². The molecule has 1 aliphatic carbocycles. The molecule has 1 N–H and O–H groups in total. The second-order valence-corrected chi connectivity index (χ2v) is 6.10. The predicted molar refractivity (Wildman–Crippen MR) is 79.2 cm³/mol. The smallest absolute Gasteiger partial charge is 0.158 e. The summed E-state index contributed by atoms with van der Waals surface area (Å²) in [4.78, 5) is 4.71. The van der Waals surface area contributed by atoms with Gasteiger partial charge in [0.25, 0.3) is 0 Å². The minimum Gasteiger partial charge on any atom is -0.301 e. The van der Waals surface area contributed by atoms with Crippen LogP contribution in [0.1, 0.15) is 56.4 Å². The molecule has 1 fully saturated rings. The molecule has 0 bridgehead atoms. The molecule has 0 aromatic carbocycles. The summed E-state index contributed by atoms with van der Waals surface area (Å²) in [6, 6.07) is 5.29. The Balaban J connectivity index is 1.88. The monoisotopic (exact) mass is 270 g/mol. The molecular formula is C16H22N4. The fourth-order valence-corrected chi connectivity index (χ4v) is 3.41. The first-order valence-corrected chi connectivity index (χ1v) is 7.67. The van der Waals surface area contributed by atoms with Crippen molar-refractivity contribution in [1.29, 1.82) is 5.26 Å². The van der Waals surface area contributed by atoms with Crippen molar-refractivity contribution in [2.75, 3.05) is 5.43 Å². The second-order valence-electron chi connectivity index (χ2n) is 6.10. The molecule has 0 amide bonds. The van der Waals surface area contributed by atoms with Crippen molar-refractivity contribution in [3.8, 4) is 6.07 Å². The number of aryl methyl sites for hydroxylation is 2. The number of nitrogens with one attached hydrogen (secondary N) is 1. The van der Waals surface area contributed by atoms with E-state index in [2.05, 4.69) is 30.4 Å². The van der Waals surface area contributed by atoms with Gasteiger partial charge in [-0.1, -0.05) is 6.42 Å². The van der Waals surface area contributed by atoms with Crippen LogP contribution in [-0.4, -0.2) is 22.1 Å². The Morgan fingerprint density at radius 2 is 2.00 bits per heavy atom. The molecule has 2 atom stereocenters. The van der Waals surface area contributed by atoms with Crippen LogP contribution in [0.15, 0.2) is 6.07 Å². The highest BCUT2D eigenvalue weighted by molar-refractivity contribution is 5.54. The third kappa shape index (κ3) is 2.38. The van der Waals surface area contributed by atoms with Crippen LogP contribution in [-0.2, 0) is 12.8 Å². The lowest BCUT2D eigenvalue weighted by molar-refractivity contribution is 0.135. The molecule has 2 heterocycles. The van der Waals surface area contributed by atoms with Crippen LogP contribution < -0.4 is 5.43 Å². The average molecular weight is 270 g/mol. The number of piperidine rings is 1. The van der Waals surface area contributed by atoms with E-state index >= 15 is 0 Å². The van der Waals surface area contributed by atoms with Crippen molar-refractivity contribution < 1.29 is 0 Å². The van der Waals surface area contributed by atoms with Gasteiger partial charge in [-0.3, -0.25) is 0 Å². The normalized spacial score (nSPS) is 26.1. The Kier molecular flexibility index (Phi) is 3.62. The summed E-state index contributed by atoms with van der Waals surface area (Å²) in [5.41, 5.74) is 6.53. The minimum absolute atomic E-state index is 0.486. The van der Waals surface area contributed by atoms with E-state index in [9.17, 15) is 5.26 Å². The quantitative estimate of drug-likeness (QED) is 0.897. The minimum atomic E-state index is 0.486. The average Bonchev–Trinajstić information content (AvgIpc) is 2.89.